The quantitative estimate of drug-likeness (QED) is 0.622. The Hall–Kier alpha value is -0.960. The van der Waals surface area contributed by atoms with Gasteiger partial charge >= 0.3 is 0 Å². The number of carbonyl (C=O) groups excluding carboxylic acids is 1. The van der Waals surface area contributed by atoms with Gasteiger partial charge in [-0.05, 0) is 54.7 Å². The first-order valence-corrected chi connectivity index (χ1v) is 7.09. The molecule has 102 valence electrons. The van der Waals surface area contributed by atoms with E-state index < -0.39 is 11.4 Å². The largest absolute Gasteiger partial charge is 0.370 e. The van der Waals surface area contributed by atoms with Gasteiger partial charge in [0.05, 0.1) is 20.1 Å². The van der Waals surface area contributed by atoms with Crippen LogP contribution in [0.25, 0.3) is 11.0 Å². The number of hydrogen-bond acceptors (Lipinski definition) is 2. The summed E-state index contributed by atoms with van der Waals surface area (Å²) < 4.78 is 16.4. The zero-order valence-corrected chi connectivity index (χ0v) is 13.4. The predicted molar refractivity (Wildman–Crippen MR) is 82.9 cm³/mol. The maximum absolute atomic E-state index is 13.7. The summed E-state index contributed by atoms with van der Waals surface area (Å²) in [6, 6.07) is 3.12. The van der Waals surface area contributed by atoms with Gasteiger partial charge < -0.3 is 15.3 Å². The highest BCUT2D eigenvalue weighted by atomic mass is 127. The number of rotatable bonds is 3. The van der Waals surface area contributed by atoms with E-state index in [1.165, 1.54) is 6.07 Å². The molecule has 7 heteroatoms. The molecule has 0 atom stereocenters. The van der Waals surface area contributed by atoms with Crippen molar-refractivity contribution in [1.82, 2.24) is 9.55 Å². The molecule has 1 aromatic heterocycles. The number of benzene rings is 1. The summed E-state index contributed by atoms with van der Waals surface area (Å²) in [5.41, 5.74) is 6.03. The Bertz CT molecular complexity index is 720. The van der Waals surface area contributed by atoms with E-state index in [2.05, 4.69) is 4.98 Å². The molecule has 0 spiro atoms. The molecule has 0 saturated carbocycles. The van der Waals surface area contributed by atoms with Crippen molar-refractivity contribution in [2.75, 3.05) is 0 Å². The summed E-state index contributed by atoms with van der Waals surface area (Å²) in [6.07, 6.45) is 0.127. The van der Waals surface area contributed by atoms with Crippen LogP contribution in [-0.2, 0) is 10.3 Å². The molecule has 0 unspecified atom stereocenters. The van der Waals surface area contributed by atoms with Crippen molar-refractivity contribution < 1.29 is 9.18 Å². The number of H-pyrrole nitrogens is 1. The molecule has 0 saturated heterocycles. The average molecular weight is 393 g/mol. The van der Waals surface area contributed by atoms with E-state index >= 15 is 0 Å². The number of aromatic nitrogens is 2. The van der Waals surface area contributed by atoms with Crippen molar-refractivity contribution in [1.29, 1.82) is 0 Å². The lowest BCUT2D eigenvalue weighted by Gasteiger charge is -2.26. The number of imidazole rings is 1. The molecule has 19 heavy (non-hydrogen) atoms. The van der Waals surface area contributed by atoms with Crippen molar-refractivity contribution in [2.24, 2.45) is 5.73 Å². The summed E-state index contributed by atoms with van der Waals surface area (Å²) in [7, 11) is 0. The van der Waals surface area contributed by atoms with Gasteiger partial charge in [-0.1, -0.05) is 0 Å². The fourth-order valence-corrected chi connectivity index (χ4v) is 3.13. The molecule has 0 aliphatic rings. The molecule has 1 heterocycles. The van der Waals surface area contributed by atoms with Crippen LogP contribution in [0.15, 0.2) is 12.1 Å². The lowest BCUT2D eigenvalue weighted by molar-refractivity contribution is -0.119. The van der Waals surface area contributed by atoms with Crippen molar-refractivity contribution >= 4 is 51.7 Å². The molecule has 0 radical (unpaired) electrons. The number of nitrogens with two attached hydrogens (primary N) is 1. The fraction of sp³-hybridized carbons (Fsp3) is 0.333. The smallest absolute Gasteiger partial charge is 0.219 e. The van der Waals surface area contributed by atoms with Gasteiger partial charge in [0.25, 0.3) is 0 Å². The van der Waals surface area contributed by atoms with Crippen molar-refractivity contribution in [2.45, 2.75) is 25.8 Å². The molecule has 0 fully saturated rings. The second kappa shape index (κ2) is 4.86. The van der Waals surface area contributed by atoms with E-state index in [4.69, 9.17) is 18.0 Å². The standard InChI is InChI=1S/C12H13FIN3OS/c1-12(2,5-10(15)18)17-9-3-6(13)7(14)4-8(9)16-11(17)19/h3-4H,5H2,1-2H3,(H2,15,18)(H,16,19). The molecule has 0 aliphatic heterocycles. The number of fused-ring (bicyclic) bond motifs is 1. The number of nitrogens with zero attached hydrogens (tertiary/aromatic N) is 1. The molecular weight excluding hydrogens is 380 g/mol. The van der Waals surface area contributed by atoms with E-state index in [9.17, 15) is 9.18 Å². The Morgan fingerprint density at radius 3 is 2.79 bits per heavy atom. The maximum atomic E-state index is 13.7. The van der Waals surface area contributed by atoms with E-state index in [-0.39, 0.29) is 12.2 Å². The maximum Gasteiger partial charge on any atom is 0.219 e. The van der Waals surface area contributed by atoms with Gasteiger partial charge in [0.1, 0.15) is 5.82 Å². The van der Waals surface area contributed by atoms with Gasteiger partial charge in [-0.2, -0.15) is 0 Å². The number of aromatic amines is 1. The molecule has 1 aromatic carbocycles. The molecule has 0 bridgehead atoms. The molecule has 4 nitrogen and oxygen atoms in total. The Balaban J connectivity index is 2.73. The molecule has 1 amide bonds. The van der Waals surface area contributed by atoms with Crippen molar-refractivity contribution in [3.8, 4) is 0 Å². The third kappa shape index (κ3) is 2.66. The van der Waals surface area contributed by atoms with Gasteiger partial charge in [-0.25, -0.2) is 4.39 Å². The summed E-state index contributed by atoms with van der Waals surface area (Å²) in [5, 5.41) is 0. The number of halogens is 2. The zero-order chi connectivity index (χ0) is 14.4. The van der Waals surface area contributed by atoms with Gasteiger partial charge in [-0.15, -0.1) is 0 Å². The van der Waals surface area contributed by atoms with Gasteiger partial charge in [0.2, 0.25) is 5.91 Å². The number of primary amides is 1. The van der Waals surface area contributed by atoms with Crippen LogP contribution >= 0.6 is 34.8 Å². The number of amides is 1. The normalized spacial score (nSPS) is 12.0. The van der Waals surface area contributed by atoms with E-state index in [1.54, 1.807) is 10.6 Å². The van der Waals surface area contributed by atoms with Crippen LogP contribution < -0.4 is 5.73 Å². The molecular formula is C12H13FIN3OS. The summed E-state index contributed by atoms with van der Waals surface area (Å²) in [4.78, 5) is 14.2. The molecule has 3 N–H and O–H groups in total. The van der Waals surface area contributed by atoms with Crippen molar-refractivity contribution in [3.63, 3.8) is 0 Å². The van der Waals surface area contributed by atoms with Gasteiger partial charge in [0, 0.05) is 12.5 Å². The Labute approximate surface area is 128 Å². The molecule has 2 aromatic rings. The molecule has 2 rings (SSSR count). The summed E-state index contributed by atoms with van der Waals surface area (Å²) in [5.74, 6) is -0.738. The summed E-state index contributed by atoms with van der Waals surface area (Å²) >= 11 is 7.19. The van der Waals surface area contributed by atoms with Crippen LogP contribution in [0.2, 0.25) is 0 Å². The minimum atomic E-state index is -0.611. The van der Waals surface area contributed by atoms with Crippen LogP contribution in [0.3, 0.4) is 0 Å². The second-order valence-corrected chi connectivity index (χ2v) is 6.55. The Morgan fingerprint density at radius 1 is 1.58 bits per heavy atom. The lowest BCUT2D eigenvalue weighted by atomic mass is 9.99. The SMILES string of the molecule is CC(C)(CC(N)=O)n1c(=S)[nH]c2cc(I)c(F)cc21. The van der Waals surface area contributed by atoms with E-state index in [0.29, 0.717) is 13.9 Å². The third-order valence-corrected chi connectivity index (χ3v) is 4.05. The zero-order valence-electron chi connectivity index (χ0n) is 10.5. The highest BCUT2D eigenvalue weighted by Crippen LogP contribution is 2.28. The molecule has 0 aliphatic carbocycles. The topological polar surface area (TPSA) is 63.8 Å². The van der Waals surface area contributed by atoms with E-state index in [1.807, 2.05) is 36.4 Å². The Kier molecular flexibility index (Phi) is 3.69. The van der Waals surface area contributed by atoms with E-state index in [0.717, 1.165) is 5.52 Å². The number of hydrogen-bond donors (Lipinski definition) is 2. The van der Waals surface area contributed by atoms with Crippen LogP contribution in [0.5, 0.6) is 0 Å². The Morgan fingerprint density at radius 2 is 2.21 bits per heavy atom. The first kappa shape index (κ1) is 14.4. The first-order valence-electron chi connectivity index (χ1n) is 5.61. The highest BCUT2D eigenvalue weighted by molar-refractivity contribution is 14.1. The minimum absolute atomic E-state index is 0.127. The fourth-order valence-electron chi connectivity index (χ4n) is 2.21. The third-order valence-electron chi connectivity index (χ3n) is 2.94. The minimum Gasteiger partial charge on any atom is -0.370 e. The number of nitrogens with one attached hydrogen (secondary N) is 1. The predicted octanol–water partition coefficient (Wildman–Crippen LogP) is 3.05. The second-order valence-electron chi connectivity index (χ2n) is 5.00. The first-order chi connectivity index (χ1) is 8.72. The summed E-state index contributed by atoms with van der Waals surface area (Å²) in [6.45, 7) is 3.69. The van der Waals surface area contributed by atoms with Crippen molar-refractivity contribution in [3.05, 3.63) is 26.3 Å². The van der Waals surface area contributed by atoms with Crippen LogP contribution in [-0.4, -0.2) is 15.5 Å². The van der Waals surface area contributed by atoms with Crippen LogP contribution in [0.4, 0.5) is 4.39 Å². The number of carbonyl (C=O) groups is 1. The van der Waals surface area contributed by atoms with Gasteiger partial charge in [0.15, 0.2) is 4.77 Å². The van der Waals surface area contributed by atoms with Crippen LogP contribution in [0, 0.1) is 14.2 Å². The van der Waals surface area contributed by atoms with Gasteiger partial charge in [-0.3, -0.25) is 4.79 Å². The van der Waals surface area contributed by atoms with Crippen LogP contribution in [0.1, 0.15) is 20.3 Å². The highest BCUT2D eigenvalue weighted by Gasteiger charge is 2.26. The average Bonchev–Trinajstić information content (AvgIpc) is 2.53. The lowest BCUT2D eigenvalue weighted by Crippen LogP contribution is -2.32. The monoisotopic (exact) mass is 393 g/mol.